The van der Waals surface area contributed by atoms with E-state index in [0.29, 0.717) is 0 Å². The van der Waals surface area contributed by atoms with Gasteiger partial charge < -0.3 is 14.5 Å². The van der Waals surface area contributed by atoms with Crippen molar-refractivity contribution in [3.63, 3.8) is 0 Å². The first-order valence-electron chi connectivity index (χ1n) is 6.99. The van der Waals surface area contributed by atoms with Gasteiger partial charge >= 0.3 is 0 Å². The monoisotopic (exact) mass is 282 g/mol. The number of aryl methyl sites for hydroxylation is 1. The van der Waals surface area contributed by atoms with E-state index in [0.717, 1.165) is 31.1 Å². The molecule has 1 fully saturated rings. The summed E-state index contributed by atoms with van der Waals surface area (Å²) in [6.45, 7) is 3.13. The highest BCUT2D eigenvalue weighted by molar-refractivity contribution is 5.29. The quantitative estimate of drug-likeness (QED) is 0.577. The van der Waals surface area contributed by atoms with E-state index >= 15 is 0 Å². The van der Waals surface area contributed by atoms with Gasteiger partial charge in [0.15, 0.2) is 5.75 Å². The number of likely N-dealkylation sites (N-methyl/N-ethyl adjacent to an activating group) is 2. The zero-order valence-corrected chi connectivity index (χ0v) is 12.8. The second-order valence-electron chi connectivity index (χ2n) is 5.53. The lowest BCUT2D eigenvalue weighted by Gasteiger charge is -2.34. The second kappa shape index (κ2) is 6.53. The zero-order chi connectivity index (χ0) is 14.7. The number of nitrogens with zero attached hydrogens (tertiary/aromatic N) is 4. The molecule has 20 heavy (non-hydrogen) atoms. The van der Waals surface area contributed by atoms with E-state index in [4.69, 9.17) is 10.6 Å². The Balaban J connectivity index is 2.32. The van der Waals surface area contributed by atoms with Gasteiger partial charge in [-0.05, 0) is 33.6 Å². The minimum absolute atomic E-state index is 0.0250. The highest BCUT2D eigenvalue weighted by Crippen LogP contribution is 2.29. The number of nitrogens with two attached hydrogens (primary N) is 1. The summed E-state index contributed by atoms with van der Waals surface area (Å²) in [7, 11) is 7.89. The third kappa shape index (κ3) is 2.95. The van der Waals surface area contributed by atoms with Gasteiger partial charge in [-0.3, -0.25) is 10.5 Å². The molecular formula is C13H26N6O. The van der Waals surface area contributed by atoms with E-state index in [1.54, 1.807) is 13.3 Å². The fourth-order valence-electron chi connectivity index (χ4n) is 2.98. The predicted molar refractivity (Wildman–Crippen MR) is 78.4 cm³/mol. The molecule has 0 saturated carbocycles. The first-order chi connectivity index (χ1) is 9.58. The van der Waals surface area contributed by atoms with Crippen LogP contribution in [0.4, 0.5) is 0 Å². The van der Waals surface area contributed by atoms with E-state index in [1.807, 2.05) is 11.7 Å². The zero-order valence-electron chi connectivity index (χ0n) is 12.8. The predicted octanol–water partition coefficient (Wildman–Crippen LogP) is -0.431. The van der Waals surface area contributed by atoms with Crippen molar-refractivity contribution >= 4 is 0 Å². The molecule has 0 spiro atoms. The Hall–Kier alpha value is -1.15. The van der Waals surface area contributed by atoms with Gasteiger partial charge in [0.1, 0.15) is 0 Å². The number of methoxy groups -OCH3 is 1. The third-order valence-corrected chi connectivity index (χ3v) is 4.14. The Bertz CT molecular complexity index is 434. The summed E-state index contributed by atoms with van der Waals surface area (Å²) in [4.78, 5) is 4.71. The van der Waals surface area contributed by atoms with Crippen molar-refractivity contribution < 1.29 is 4.74 Å². The highest BCUT2D eigenvalue weighted by Gasteiger charge is 2.32. The van der Waals surface area contributed by atoms with Crippen LogP contribution >= 0.6 is 0 Å². The first-order valence-corrected chi connectivity index (χ1v) is 6.99. The first kappa shape index (κ1) is 15.2. The average Bonchev–Trinajstić information content (AvgIpc) is 2.71. The Labute approximate surface area is 120 Å². The van der Waals surface area contributed by atoms with Crippen LogP contribution in [0, 0.1) is 0 Å². The summed E-state index contributed by atoms with van der Waals surface area (Å²) in [5, 5.41) is 4.28. The van der Waals surface area contributed by atoms with E-state index in [9.17, 15) is 0 Å². The van der Waals surface area contributed by atoms with Crippen molar-refractivity contribution in [2.75, 3.05) is 40.8 Å². The highest BCUT2D eigenvalue weighted by atomic mass is 16.5. The molecule has 2 unspecified atom stereocenters. The molecule has 0 amide bonds. The molecule has 2 heterocycles. The van der Waals surface area contributed by atoms with E-state index in [2.05, 4.69) is 34.4 Å². The van der Waals surface area contributed by atoms with Crippen LogP contribution in [-0.4, -0.2) is 66.5 Å². The van der Waals surface area contributed by atoms with Crippen molar-refractivity contribution in [1.82, 2.24) is 25.0 Å². The van der Waals surface area contributed by atoms with Crippen molar-refractivity contribution in [3.05, 3.63) is 11.9 Å². The SMILES string of the molecule is COc1cnn(C)c1C(NN)C1CN(C)CCCN1C. The van der Waals surface area contributed by atoms with Gasteiger partial charge in [-0.1, -0.05) is 0 Å². The molecule has 3 N–H and O–H groups in total. The minimum Gasteiger partial charge on any atom is -0.493 e. The van der Waals surface area contributed by atoms with Crippen LogP contribution in [0.5, 0.6) is 5.75 Å². The van der Waals surface area contributed by atoms with Gasteiger partial charge in [0, 0.05) is 19.6 Å². The number of hydrogen-bond acceptors (Lipinski definition) is 6. The molecule has 0 bridgehead atoms. The van der Waals surface area contributed by atoms with Crippen molar-refractivity contribution in [1.29, 1.82) is 0 Å². The summed E-state index contributed by atoms with van der Waals surface area (Å²) in [5.74, 6) is 6.63. The second-order valence-corrected chi connectivity index (χ2v) is 5.53. The number of aromatic nitrogens is 2. The fourth-order valence-corrected chi connectivity index (χ4v) is 2.98. The van der Waals surface area contributed by atoms with Crippen molar-refractivity contribution in [2.45, 2.75) is 18.5 Å². The normalized spacial score (nSPS) is 23.6. The minimum atomic E-state index is -0.0250. The Morgan fingerprint density at radius 1 is 1.40 bits per heavy atom. The van der Waals surface area contributed by atoms with E-state index in [-0.39, 0.29) is 12.1 Å². The van der Waals surface area contributed by atoms with Gasteiger partial charge in [0.2, 0.25) is 0 Å². The smallest absolute Gasteiger partial charge is 0.161 e. The molecule has 1 aliphatic heterocycles. The summed E-state index contributed by atoms with van der Waals surface area (Å²) in [5.41, 5.74) is 3.95. The Kier molecular flexibility index (Phi) is 4.98. The summed E-state index contributed by atoms with van der Waals surface area (Å²) < 4.78 is 7.26. The summed E-state index contributed by atoms with van der Waals surface area (Å²) in [6.07, 6.45) is 2.91. The van der Waals surface area contributed by atoms with E-state index in [1.165, 1.54) is 6.42 Å². The maximum Gasteiger partial charge on any atom is 0.161 e. The van der Waals surface area contributed by atoms with Crippen LogP contribution in [0.15, 0.2) is 6.20 Å². The molecule has 1 aromatic rings. The molecule has 1 saturated heterocycles. The van der Waals surface area contributed by atoms with Crippen LogP contribution in [-0.2, 0) is 7.05 Å². The molecular weight excluding hydrogens is 256 g/mol. The van der Waals surface area contributed by atoms with Crippen LogP contribution in [0.25, 0.3) is 0 Å². The number of hydrazine groups is 1. The van der Waals surface area contributed by atoms with Gasteiger partial charge in [-0.25, -0.2) is 5.43 Å². The molecule has 2 atom stereocenters. The fraction of sp³-hybridized carbons (Fsp3) is 0.769. The Morgan fingerprint density at radius 3 is 2.80 bits per heavy atom. The standard InChI is InChI=1S/C13H26N6O/c1-17-6-5-7-18(2)10(9-17)12(16-14)13-11(20-4)8-15-19(13)3/h8,10,12,16H,5-7,9,14H2,1-4H3. The lowest BCUT2D eigenvalue weighted by Crippen LogP contribution is -2.49. The average molecular weight is 282 g/mol. The van der Waals surface area contributed by atoms with Crippen LogP contribution in [0.2, 0.25) is 0 Å². The van der Waals surface area contributed by atoms with Crippen molar-refractivity contribution in [3.8, 4) is 5.75 Å². The maximum atomic E-state index is 5.85. The molecule has 1 aliphatic rings. The van der Waals surface area contributed by atoms with Gasteiger partial charge in [-0.15, -0.1) is 0 Å². The third-order valence-electron chi connectivity index (χ3n) is 4.14. The maximum absolute atomic E-state index is 5.85. The lowest BCUT2D eigenvalue weighted by atomic mass is 10.0. The number of ether oxygens (including phenoxy) is 1. The molecule has 0 aliphatic carbocycles. The van der Waals surface area contributed by atoms with Crippen LogP contribution < -0.4 is 16.0 Å². The Morgan fingerprint density at radius 2 is 2.15 bits per heavy atom. The van der Waals surface area contributed by atoms with Gasteiger partial charge in [0.05, 0.1) is 25.0 Å². The van der Waals surface area contributed by atoms with E-state index < -0.39 is 0 Å². The summed E-state index contributed by atoms with van der Waals surface area (Å²) >= 11 is 0. The molecule has 2 rings (SSSR count). The van der Waals surface area contributed by atoms with Gasteiger partial charge in [0.25, 0.3) is 0 Å². The number of hydrogen-bond donors (Lipinski definition) is 2. The topological polar surface area (TPSA) is 71.6 Å². The number of nitrogens with one attached hydrogen (secondary N) is 1. The molecule has 0 radical (unpaired) electrons. The molecule has 1 aromatic heterocycles. The van der Waals surface area contributed by atoms with Crippen LogP contribution in [0.1, 0.15) is 18.2 Å². The van der Waals surface area contributed by atoms with Crippen LogP contribution in [0.3, 0.4) is 0 Å². The number of rotatable bonds is 4. The summed E-state index contributed by atoms with van der Waals surface area (Å²) in [6, 6.07) is 0.250. The molecule has 114 valence electrons. The lowest BCUT2D eigenvalue weighted by molar-refractivity contribution is 0.172. The molecule has 7 heteroatoms. The molecule has 7 nitrogen and oxygen atoms in total. The van der Waals surface area contributed by atoms with Gasteiger partial charge in [-0.2, -0.15) is 5.10 Å². The van der Waals surface area contributed by atoms with Crippen molar-refractivity contribution in [2.24, 2.45) is 12.9 Å². The largest absolute Gasteiger partial charge is 0.493 e. The molecule has 0 aromatic carbocycles.